The molecular formula is C20H32N8S. The lowest BCUT2D eigenvalue weighted by molar-refractivity contribution is 0.258. The van der Waals surface area contributed by atoms with Gasteiger partial charge in [-0.15, -0.1) is 10.2 Å². The molecule has 1 saturated heterocycles. The molecule has 0 spiro atoms. The van der Waals surface area contributed by atoms with Gasteiger partial charge in [-0.25, -0.2) is 9.97 Å². The smallest absolute Gasteiger partial charge is 0.231 e. The summed E-state index contributed by atoms with van der Waals surface area (Å²) in [6.45, 7) is 12.0. The predicted octanol–water partition coefficient (Wildman–Crippen LogP) is 2.48. The molecule has 0 N–H and O–H groups in total. The van der Waals surface area contributed by atoms with E-state index >= 15 is 0 Å². The second-order valence-corrected chi connectivity index (χ2v) is 10.2. The molecule has 0 aromatic carbocycles. The van der Waals surface area contributed by atoms with E-state index in [9.17, 15) is 0 Å². The molecule has 0 unspecified atom stereocenters. The van der Waals surface area contributed by atoms with Crippen LogP contribution >= 0.6 is 11.8 Å². The van der Waals surface area contributed by atoms with E-state index in [0.717, 1.165) is 61.7 Å². The maximum absolute atomic E-state index is 4.95. The summed E-state index contributed by atoms with van der Waals surface area (Å²) in [5, 5.41) is 12.9. The summed E-state index contributed by atoms with van der Waals surface area (Å²) in [4.78, 5) is 16.3. The van der Waals surface area contributed by atoms with E-state index in [1.807, 2.05) is 0 Å². The van der Waals surface area contributed by atoms with Gasteiger partial charge < -0.3 is 4.90 Å². The van der Waals surface area contributed by atoms with Crippen LogP contribution in [0, 0.1) is 0 Å². The third kappa shape index (κ3) is 5.45. The molecule has 158 valence electrons. The second-order valence-electron chi connectivity index (χ2n) is 9.09. The van der Waals surface area contributed by atoms with Crippen LogP contribution in [0.25, 0.3) is 0 Å². The van der Waals surface area contributed by atoms with Gasteiger partial charge in [0.2, 0.25) is 5.16 Å². The average molecular weight is 417 g/mol. The Balaban J connectivity index is 1.28. The van der Waals surface area contributed by atoms with Gasteiger partial charge in [0.25, 0.3) is 0 Å². The normalized spacial score (nSPS) is 18.4. The van der Waals surface area contributed by atoms with Crippen molar-refractivity contribution in [3.63, 3.8) is 0 Å². The minimum Gasteiger partial charge on any atom is -0.354 e. The quantitative estimate of drug-likeness (QED) is 0.503. The number of hydrogen-bond acceptors (Lipinski definition) is 8. The standard InChI is InChI=1S/C20H32N8S/c1-20(2,3)18-21-16(15-6-7-15)14-17(22-18)28-11-9-27(10-12-28)8-5-13-29-19-23-25-26(4)24-19/h14-15H,5-13H2,1-4H3. The van der Waals surface area contributed by atoms with Crippen LogP contribution in [0.2, 0.25) is 0 Å². The molecule has 0 bridgehead atoms. The molecule has 2 aliphatic rings. The summed E-state index contributed by atoms with van der Waals surface area (Å²) in [7, 11) is 1.80. The number of rotatable bonds is 7. The number of tetrazole rings is 1. The van der Waals surface area contributed by atoms with Crippen molar-refractivity contribution in [1.82, 2.24) is 35.1 Å². The largest absolute Gasteiger partial charge is 0.354 e. The third-order valence-electron chi connectivity index (χ3n) is 5.43. The summed E-state index contributed by atoms with van der Waals surface area (Å²) in [6.07, 6.45) is 3.68. The molecule has 4 rings (SSSR count). The van der Waals surface area contributed by atoms with E-state index in [1.54, 1.807) is 18.8 Å². The van der Waals surface area contributed by atoms with E-state index in [-0.39, 0.29) is 5.41 Å². The van der Waals surface area contributed by atoms with Crippen molar-refractivity contribution >= 4 is 17.6 Å². The van der Waals surface area contributed by atoms with Crippen molar-refractivity contribution in [2.45, 2.75) is 56.5 Å². The fraction of sp³-hybridized carbons (Fsp3) is 0.750. The molecule has 1 aliphatic carbocycles. The summed E-state index contributed by atoms with van der Waals surface area (Å²) in [5.74, 6) is 3.78. The number of hydrogen-bond donors (Lipinski definition) is 0. The van der Waals surface area contributed by atoms with Crippen molar-refractivity contribution in [3.8, 4) is 0 Å². The summed E-state index contributed by atoms with van der Waals surface area (Å²) in [6, 6.07) is 2.24. The molecule has 0 atom stereocenters. The van der Waals surface area contributed by atoms with Crippen LogP contribution in [0.4, 0.5) is 5.82 Å². The van der Waals surface area contributed by atoms with Gasteiger partial charge in [0.1, 0.15) is 11.6 Å². The first-order chi connectivity index (χ1) is 13.9. The van der Waals surface area contributed by atoms with Crippen molar-refractivity contribution in [2.75, 3.05) is 43.4 Å². The Kier molecular flexibility index (Phi) is 6.06. The molecule has 29 heavy (non-hydrogen) atoms. The minimum absolute atomic E-state index is 0.0167. The Labute approximate surface area is 177 Å². The zero-order valence-corrected chi connectivity index (χ0v) is 18.8. The first-order valence-electron chi connectivity index (χ1n) is 10.6. The van der Waals surface area contributed by atoms with Crippen molar-refractivity contribution in [1.29, 1.82) is 0 Å². The van der Waals surface area contributed by atoms with Crippen LogP contribution in [0.3, 0.4) is 0 Å². The fourth-order valence-corrected chi connectivity index (χ4v) is 4.24. The van der Waals surface area contributed by atoms with Crippen molar-refractivity contribution in [2.24, 2.45) is 7.05 Å². The Morgan fingerprint density at radius 3 is 2.48 bits per heavy atom. The van der Waals surface area contributed by atoms with Crippen LogP contribution < -0.4 is 4.90 Å². The first-order valence-corrected chi connectivity index (χ1v) is 11.6. The molecular weight excluding hydrogens is 384 g/mol. The van der Waals surface area contributed by atoms with Crippen molar-refractivity contribution in [3.05, 3.63) is 17.6 Å². The van der Waals surface area contributed by atoms with Gasteiger partial charge in [0.15, 0.2) is 0 Å². The highest BCUT2D eigenvalue weighted by Gasteiger charge is 2.29. The zero-order chi connectivity index (χ0) is 20.4. The zero-order valence-electron chi connectivity index (χ0n) is 18.0. The molecule has 1 aliphatic heterocycles. The molecule has 1 saturated carbocycles. The Bertz CT molecular complexity index is 818. The average Bonchev–Trinajstić information content (AvgIpc) is 3.47. The molecule has 0 radical (unpaired) electrons. The molecule has 9 heteroatoms. The maximum Gasteiger partial charge on any atom is 0.231 e. The predicted molar refractivity (Wildman–Crippen MR) is 115 cm³/mol. The molecule has 2 fully saturated rings. The lowest BCUT2D eigenvalue weighted by atomic mass is 9.95. The topological polar surface area (TPSA) is 75.9 Å². The Morgan fingerprint density at radius 1 is 1.10 bits per heavy atom. The third-order valence-corrected chi connectivity index (χ3v) is 6.35. The lowest BCUT2D eigenvalue weighted by Gasteiger charge is -2.36. The summed E-state index contributed by atoms with van der Waals surface area (Å²) < 4.78 is 0. The number of piperazine rings is 1. The highest BCUT2D eigenvalue weighted by Crippen LogP contribution is 2.40. The summed E-state index contributed by atoms with van der Waals surface area (Å²) in [5.41, 5.74) is 1.23. The van der Waals surface area contributed by atoms with Gasteiger partial charge >= 0.3 is 0 Å². The van der Waals surface area contributed by atoms with E-state index < -0.39 is 0 Å². The molecule has 8 nitrogen and oxygen atoms in total. The number of nitrogens with zero attached hydrogens (tertiary/aromatic N) is 8. The highest BCUT2D eigenvalue weighted by molar-refractivity contribution is 7.99. The van der Waals surface area contributed by atoms with E-state index in [0.29, 0.717) is 5.92 Å². The molecule has 3 heterocycles. The molecule has 2 aromatic rings. The van der Waals surface area contributed by atoms with Crippen LogP contribution in [0.15, 0.2) is 11.2 Å². The Hall–Kier alpha value is -1.74. The second kappa shape index (κ2) is 8.55. The number of thioether (sulfide) groups is 1. The van der Waals surface area contributed by atoms with Crippen LogP contribution in [0.1, 0.15) is 57.5 Å². The Morgan fingerprint density at radius 2 is 1.86 bits per heavy atom. The number of aromatic nitrogens is 6. The lowest BCUT2D eigenvalue weighted by Crippen LogP contribution is -2.47. The van der Waals surface area contributed by atoms with Crippen molar-refractivity contribution < 1.29 is 0 Å². The van der Waals surface area contributed by atoms with Crippen LogP contribution in [0.5, 0.6) is 0 Å². The number of aryl methyl sites for hydroxylation is 1. The summed E-state index contributed by atoms with van der Waals surface area (Å²) >= 11 is 1.68. The maximum atomic E-state index is 4.95. The van der Waals surface area contributed by atoms with Gasteiger partial charge in [-0.3, -0.25) is 4.90 Å². The SMILES string of the molecule is Cn1nnc(SCCCN2CCN(c3cc(C4CC4)nc(C(C)(C)C)n3)CC2)n1. The van der Waals surface area contributed by atoms with E-state index in [2.05, 4.69) is 52.0 Å². The number of anilines is 1. The van der Waals surface area contributed by atoms with Gasteiger partial charge in [0, 0.05) is 55.0 Å². The van der Waals surface area contributed by atoms with Gasteiger partial charge in [-0.2, -0.15) is 4.80 Å². The van der Waals surface area contributed by atoms with Crippen LogP contribution in [-0.4, -0.2) is 73.6 Å². The van der Waals surface area contributed by atoms with E-state index in [1.165, 1.54) is 23.3 Å². The molecule has 0 amide bonds. The highest BCUT2D eigenvalue weighted by atomic mass is 32.2. The monoisotopic (exact) mass is 416 g/mol. The molecule has 2 aromatic heterocycles. The van der Waals surface area contributed by atoms with Gasteiger partial charge in [-0.1, -0.05) is 32.5 Å². The first kappa shape index (κ1) is 20.5. The fourth-order valence-electron chi connectivity index (χ4n) is 3.51. The van der Waals surface area contributed by atoms with Crippen LogP contribution in [-0.2, 0) is 12.5 Å². The van der Waals surface area contributed by atoms with Gasteiger partial charge in [-0.05, 0) is 31.0 Å². The minimum atomic E-state index is -0.0167. The van der Waals surface area contributed by atoms with Gasteiger partial charge in [0.05, 0.1) is 7.05 Å². The van der Waals surface area contributed by atoms with E-state index in [4.69, 9.17) is 9.97 Å².